The summed E-state index contributed by atoms with van der Waals surface area (Å²) in [7, 11) is 4.70. The first-order valence-electron chi connectivity index (χ1n) is 12.9. The van der Waals surface area contributed by atoms with Crippen LogP contribution in [-0.4, -0.2) is 74.5 Å². The average molecular weight is 568 g/mol. The summed E-state index contributed by atoms with van der Waals surface area (Å²) >= 11 is 0. The molecule has 0 fully saturated rings. The van der Waals surface area contributed by atoms with Crippen molar-refractivity contribution in [2.75, 3.05) is 31.3 Å². The van der Waals surface area contributed by atoms with Gasteiger partial charge in [-0.1, -0.05) is 18.9 Å². The van der Waals surface area contributed by atoms with Gasteiger partial charge in [-0.25, -0.2) is 4.98 Å². The van der Waals surface area contributed by atoms with Gasteiger partial charge in [0.2, 0.25) is 11.8 Å². The maximum Gasteiger partial charge on any atom is 0.303 e. The molecule has 41 heavy (non-hydrogen) atoms. The molecule has 218 valence electrons. The molecule has 0 aliphatic heterocycles. The fourth-order valence-corrected chi connectivity index (χ4v) is 3.84. The van der Waals surface area contributed by atoms with Gasteiger partial charge >= 0.3 is 5.97 Å². The number of methoxy groups -OCH3 is 1. The number of aryl methyl sites for hydroxylation is 1. The van der Waals surface area contributed by atoms with E-state index in [1.165, 1.54) is 20.2 Å². The Kier molecular flexibility index (Phi) is 11.1. The van der Waals surface area contributed by atoms with Gasteiger partial charge in [0, 0.05) is 33.0 Å². The van der Waals surface area contributed by atoms with Crippen molar-refractivity contribution in [1.82, 2.24) is 35.6 Å². The topological polar surface area (TPSA) is 202 Å². The zero-order chi connectivity index (χ0) is 29.8. The molecule has 1 aromatic carbocycles. The fourth-order valence-electron chi connectivity index (χ4n) is 3.84. The number of rotatable bonds is 15. The number of carboxylic acids is 1. The Labute approximate surface area is 236 Å². The summed E-state index contributed by atoms with van der Waals surface area (Å²) in [5, 5.41) is 31.6. The summed E-state index contributed by atoms with van der Waals surface area (Å²) in [6.45, 7) is -0.285. The molecule has 3 aromatic rings. The summed E-state index contributed by atoms with van der Waals surface area (Å²) in [4.78, 5) is 51.8. The normalized spacial score (nSPS) is 10.5. The predicted molar refractivity (Wildman–Crippen MR) is 149 cm³/mol. The smallest absolute Gasteiger partial charge is 0.303 e. The standard InChI is InChI=1S/C26H33N9O6/c1-27-26(40)23-18(30-17-10-8-9-16(24(17)41-3)25-29-15-35(2)34-25)13-19(32-33-23)31-21(37)14-28-20(36)11-6-4-5-7-12-22(38)39/h8-10,13,15H,4-7,11-12,14H2,1-3H3,(H,27,40)(H,28,36)(H,38,39)(H2,30,31,32,37). The number of ether oxygens (including phenoxy) is 1. The van der Waals surface area contributed by atoms with E-state index in [1.807, 2.05) is 0 Å². The number of carboxylic acid groups (broad SMARTS) is 1. The maximum atomic E-state index is 12.5. The third-order valence-corrected chi connectivity index (χ3v) is 5.82. The monoisotopic (exact) mass is 567 g/mol. The Bertz CT molecular complexity index is 1390. The average Bonchev–Trinajstić information content (AvgIpc) is 3.39. The van der Waals surface area contributed by atoms with E-state index in [-0.39, 0.29) is 42.5 Å². The lowest BCUT2D eigenvalue weighted by atomic mass is 10.1. The van der Waals surface area contributed by atoms with E-state index in [0.717, 1.165) is 12.8 Å². The lowest BCUT2D eigenvalue weighted by Gasteiger charge is -2.16. The minimum atomic E-state index is -0.836. The van der Waals surface area contributed by atoms with Gasteiger partial charge < -0.3 is 31.1 Å². The Morgan fingerprint density at radius 1 is 1.00 bits per heavy atom. The summed E-state index contributed by atoms with van der Waals surface area (Å²) in [5.74, 6) is -1.25. The van der Waals surface area contributed by atoms with Crippen LogP contribution in [0.2, 0.25) is 0 Å². The van der Waals surface area contributed by atoms with Crippen molar-refractivity contribution in [3.05, 3.63) is 36.3 Å². The van der Waals surface area contributed by atoms with E-state index >= 15 is 0 Å². The number of benzene rings is 1. The molecule has 2 aromatic heterocycles. The minimum Gasteiger partial charge on any atom is -0.494 e. The zero-order valence-corrected chi connectivity index (χ0v) is 23.1. The number of anilines is 3. The molecule has 0 spiro atoms. The van der Waals surface area contributed by atoms with Crippen molar-refractivity contribution in [3.63, 3.8) is 0 Å². The molecule has 0 saturated carbocycles. The number of nitrogens with one attached hydrogen (secondary N) is 4. The Morgan fingerprint density at radius 2 is 1.76 bits per heavy atom. The highest BCUT2D eigenvalue weighted by Gasteiger charge is 2.19. The number of aromatic nitrogens is 5. The fraction of sp³-hybridized carbons (Fsp3) is 0.385. The van der Waals surface area contributed by atoms with Gasteiger partial charge in [-0.05, 0) is 25.0 Å². The van der Waals surface area contributed by atoms with Crippen molar-refractivity contribution >= 4 is 40.9 Å². The van der Waals surface area contributed by atoms with Crippen LogP contribution in [0.15, 0.2) is 30.6 Å². The number of amides is 3. The molecule has 2 heterocycles. The lowest BCUT2D eigenvalue weighted by molar-refractivity contribution is -0.137. The second kappa shape index (κ2) is 14.9. The number of carbonyl (C=O) groups excluding carboxylic acids is 3. The Morgan fingerprint density at radius 3 is 2.41 bits per heavy atom. The Hall–Kier alpha value is -5.08. The van der Waals surface area contributed by atoms with E-state index in [4.69, 9.17) is 9.84 Å². The molecule has 0 radical (unpaired) electrons. The molecule has 3 rings (SSSR count). The molecule has 0 unspecified atom stereocenters. The van der Waals surface area contributed by atoms with Gasteiger partial charge in [-0.2, -0.15) is 5.10 Å². The molecule has 15 heteroatoms. The molecule has 0 aliphatic carbocycles. The van der Waals surface area contributed by atoms with Crippen molar-refractivity contribution < 1.29 is 29.0 Å². The van der Waals surface area contributed by atoms with Crippen LogP contribution in [0.3, 0.4) is 0 Å². The van der Waals surface area contributed by atoms with Gasteiger partial charge in [0.05, 0.1) is 30.6 Å². The predicted octanol–water partition coefficient (Wildman–Crippen LogP) is 1.86. The highest BCUT2D eigenvalue weighted by atomic mass is 16.5. The van der Waals surface area contributed by atoms with Gasteiger partial charge in [-0.15, -0.1) is 10.2 Å². The number of carbonyl (C=O) groups is 4. The molecule has 15 nitrogen and oxygen atoms in total. The summed E-state index contributed by atoms with van der Waals surface area (Å²) in [6.07, 6.45) is 4.50. The highest BCUT2D eigenvalue weighted by Crippen LogP contribution is 2.37. The first-order chi connectivity index (χ1) is 19.7. The van der Waals surface area contributed by atoms with E-state index in [9.17, 15) is 19.2 Å². The number of unbranched alkanes of at least 4 members (excludes halogenated alkanes) is 3. The summed E-state index contributed by atoms with van der Waals surface area (Å²) < 4.78 is 7.19. The second-order valence-electron chi connectivity index (χ2n) is 8.96. The van der Waals surface area contributed by atoms with E-state index < -0.39 is 17.8 Å². The third-order valence-electron chi connectivity index (χ3n) is 5.82. The summed E-state index contributed by atoms with van der Waals surface area (Å²) in [5.41, 5.74) is 1.32. The Balaban J connectivity index is 1.67. The number of aliphatic carboxylic acids is 1. The van der Waals surface area contributed by atoms with Crippen molar-refractivity contribution in [1.29, 1.82) is 0 Å². The molecular weight excluding hydrogens is 534 g/mol. The van der Waals surface area contributed by atoms with E-state index in [2.05, 4.69) is 41.5 Å². The number of hydrogen-bond donors (Lipinski definition) is 5. The molecular formula is C26H33N9O6. The second-order valence-corrected chi connectivity index (χ2v) is 8.96. The molecule has 0 saturated heterocycles. The van der Waals surface area contributed by atoms with Crippen LogP contribution >= 0.6 is 0 Å². The largest absolute Gasteiger partial charge is 0.494 e. The number of para-hydroxylation sites is 1. The zero-order valence-electron chi connectivity index (χ0n) is 23.1. The van der Waals surface area contributed by atoms with Crippen LogP contribution in [0.25, 0.3) is 11.4 Å². The van der Waals surface area contributed by atoms with E-state index in [1.54, 1.807) is 36.3 Å². The number of nitrogens with zero attached hydrogens (tertiary/aromatic N) is 5. The van der Waals surface area contributed by atoms with Crippen molar-refractivity contribution in [2.45, 2.75) is 38.5 Å². The first kappa shape index (κ1) is 30.5. The minimum absolute atomic E-state index is 0.0226. The van der Waals surface area contributed by atoms with Crippen LogP contribution in [0.5, 0.6) is 5.75 Å². The van der Waals surface area contributed by atoms with Crippen LogP contribution in [0.1, 0.15) is 49.0 Å². The third kappa shape index (κ3) is 8.98. The molecule has 0 bridgehead atoms. The van der Waals surface area contributed by atoms with Crippen LogP contribution in [0, 0.1) is 0 Å². The maximum absolute atomic E-state index is 12.5. The SMILES string of the molecule is CNC(=O)c1nnc(NC(=O)CNC(=O)CCCCCCC(=O)O)cc1Nc1cccc(-c2ncn(C)n2)c1OC. The lowest BCUT2D eigenvalue weighted by Crippen LogP contribution is -2.33. The van der Waals surface area contributed by atoms with Gasteiger partial charge in [0.15, 0.2) is 23.1 Å². The van der Waals surface area contributed by atoms with Gasteiger partial charge in [-0.3, -0.25) is 23.9 Å². The van der Waals surface area contributed by atoms with Crippen LogP contribution in [0.4, 0.5) is 17.2 Å². The molecule has 0 atom stereocenters. The van der Waals surface area contributed by atoms with Crippen molar-refractivity contribution in [2.24, 2.45) is 7.05 Å². The quantitative estimate of drug-likeness (QED) is 0.168. The summed E-state index contributed by atoms with van der Waals surface area (Å²) in [6, 6.07) is 6.74. The molecule has 5 N–H and O–H groups in total. The highest BCUT2D eigenvalue weighted by molar-refractivity contribution is 6.00. The van der Waals surface area contributed by atoms with Gasteiger partial charge in [0.25, 0.3) is 5.91 Å². The van der Waals surface area contributed by atoms with E-state index in [0.29, 0.717) is 35.7 Å². The van der Waals surface area contributed by atoms with Crippen LogP contribution < -0.4 is 26.0 Å². The molecule has 3 amide bonds. The number of hydrogen-bond acceptors (Lipinski definition) is 10. The molecule has 0 aliphatic rings. The van der Waals surface area contributed by atoms with Gasteiger partial charge in [0.1, 0.15) is 6.33 Å². The van der Waals surface area contributed by atoms with Crippen LogP contribution in [-0.2, 0) is 21.4 Å². The van der Waals surface area contributed by atoms with Crippen molar-refractivity contribution in [3.8, 4) is 17.1 Å². The first-order valence-corrected chi connectivity index (χ1v) is 12.9.